The minimum atomic E-state index is -3.92. The lowest BCUT2D eigenvalue weighted by atomic mass is 10.1. The monoisotopic (exact) mass is 335 g/mol. The van der Waals surface area contributed by atoms with Crippen molar-refractivity contribution in [3.63, 3.8) is 0 Å². The van der Waals surface area contributed by atoms with Crippen molar-refractivity contribution >= 4 is 15.7 Å². The van der Waals surface area contributed by atoms with Crippen LogP contribution in [-0.4, -0.2) is 48.3 Å². The van der Waals surface area contributed by atoms with Gasteiger partial charge >= 0.3 is 5.22 Å². The molecule has 0 N–H and O–H groups in total. The maximum absolute atomic E-state index is 12.3. The second-order valence-electron chi connectivity index (χ2n) is 5.59. The summed E-state index contributed by atoms with van der Waals surface area (Å²) in [7, 11) is -3.92. The number of amides is 1. The van der Waals surface area contributed by atoms with Crippen molar-refractivity contribution in [3.05, 3.63) is 29.8 Å². The van der Waals surface area contributed by atoms with E-state index in [1.165, 1.54) is 0 Å². The molecule has 1 amide bonds. The molecule has 0 radical (unpaired) electrons. The van der Waals surface area contributed by atoms with E-state index in [1.807, 2.05) is 19.1 Å². The fourth-order valence-electron chi connectivity index (χ4n) is 2.43. The number of hydrogen-bond donors (Lipinski definition) is 0. The van der Waals surface area contributed by atoms with Crippen LogP contribution in [0.4, 0.5) is 0 Å². The first kappa shape index (κ1) is 15.7. The number of hydrogen-bond acceptors (Lipinski definition) is 6. The predicted octanol–water partition coefficient (Wildman–Crippen LogP) is 1.44. The van der Waals surface area contributed by atoms with E-state index in [0.29, 0.717) is 18.7 Å². The summed E-state index contributed by atoms with van der Waals surface area (Å²) in [6, 6.07) is 7.28. The average molecular weight is 335 g/mol. The van der Waals surface area contributed by atoms with Crippen LogP contribution in [0.5, 0.6) is 0 Å². The highest BCUT2D eigenvalue weighted by Crippen LogP contribution is 2.21. The quantitative estimate of drug-likeness (QED) is 0.839. The number of nitrogens with zero attached hydrogens (tertiary/aromatic N) is 3. The molecule has 0 saturated carbocycles. The van der Waals surface area contributed by atoms with Crippen LogP contribution in [0.1, 0.15) is 18.4 Å². The van der Waals surface area contributed by atoms with Crippen LogP contribution in [0.2, 0.25) is 0 Å². The van der Waals surface area contributed by atoms with Crippen molar-refractivity contribution in [3.8, 4) is 11.5 Å². The number of benzene rings is 1. The smallest absolute Gasteiger partial charge is 0.336 e. The van der Waals surface area contributed by atoms with Crippen LogP contribution in [0.3, 0.4) is 0 Å². The Morgan fingerprint density at radius 3 is 2.48 bits per heavy atom. The number of sulfone groups is 1. The summed E-state index contributed by atoms with van der Waals surface area (Å²) in [5.41, 5.74) is 1.70. The first-order chi connectivity index (χ1) is 11.0. The third-order valence-electron chi connectivity index (χ3n) is 3.74. The maximum Gasteiger partial charge on any atom is 0.336 e. The molecular formula is C15H17N3O4S. The zero-order chi connectivity index (χ0) is 16.4. The van der Waals surface area contributed by atoms with Gasteiger partial charge in [-0.3, -0.25) is 4.79 Å². The summed E-state index contributed by atoms with van der Waals surface area (Å²) in [6.07, 6.45) is 1.81. The molecule has 0 spiro atoms. The topological polar surface area (TPSA) is 93.4 Å². The summed E-state index contributed by atoms with van der Waals surface area (Å²) in [5, 5.41) is 6.84. The van der Waals surface area contributed by atoms with E-state index >= 15 is 0 Å². The molecule has 1 saturated heterocycles. The van der Waals surface area contributed by atoms with E-state index in [1.54, 1.807) is 17.0 Å². The molecule has 1 aliphatic rings. The van der Waals surface area contributed by atoms with Crippen molar-refractivity contribution < 1.29 is 17.6 Å². The van der Waals surface area contributed by atoms with Gasteiger partial charge in [-0.05, 0) is 31.9 Å². The number of aryl methyl sites for hydroxylation is 1. The Morgan fingerprint density at radius 2 is 1.83 bits per heavy atom. The second kappa shape index (κ2) is 6.11. The largest absolute Gasteiger partial charge is 0.408 e. The summed E-state index contributed by atoms with van der Waals surface area (Å²) in [4.78, 5) is 13.6. The fraction of sp³-hybridized carbons (Fsp3) is 0.400. The molecule has 7 nitrogen and oxygen atoms in total. The van der Waals surface area contributed by atoms with Crippen LogP contribution < -0.4 is 0 Å². The molecule has 0 atom stereocenters. The number of carbonyl (C=O) groups excluding carboxylic acids is 1. The number of likely N-dealkylation sites (tertiary alicyclic amines) is 1. The normalized spacial score (nSPS) is 15.1. The first-order valence-corrected chi connectivity index (χ1v) is 9.02. The Hall–Kier alpha value is -2.22. The van der Waals surface area contributed by atoms with Crippen LogP contribution in [0, 0.1) is 6.92 Å². The van der Waals surface area contributed by atoms with Crippen LogP contribution in [-0.2, 0) is 14.6 Å². The van der Waals surface area contributed by atoms with Crippen molar-refractivity contribution in [2.24, 2.45) is 0 Å². The van der Waals surface area contributed by atoms with Crippen molar-refractivity contribution in [2.75, 3.05) is 18.8 Å². The molecule has 8 heteroatoms. The Morgan fingerprint density at radius 1 is 1.17 bits per heavy atom. The minimum absolute atomic E-state index is 0.122. The lowest BCUT2D eigenvalue weighted by Gasteiger charge is -2.13. The van der Waals surface area contributed by atoms with Crippen molar-refractivity contribution in [1.29, 1.82) is 0 Å². The van der Waals surface area contributed by atoms with Gasteiger partial charge in [-0.25, -0.2) is 8.42 Å². The summed E-state index contributed by atoms with van der Waals surface area (Å²) < 4.78 is 29.8. The van der Waals surface area contributed by atoms with Gasteiger partial charge in [0.05, 0.1) is 0 Å². The van der Waals surface area contributed by atoms with E-state index in [4.69, 9.17) is 4.42 Å². The Balaban J connectivity index is 1.78. The molecule has 1 aromatic heterocycles. The molecule has 3 rings (SSSR count). The average Bonchev–Trinajstić information content (AvgIpc) is 3.20. The molecule has 122 valence electrons. The number of aromatic nitrogens is 2. The Kier molecular flexibility index (Phi) is 4.16. The fourth-order valence-corrected chi connectivity index (χ4v) is 3.43. The van der Waals surface area contributed by atoms with E-state index in [0.717, 1.165) is 18.4 Å². The molecule has 0 bridgehead atoms. The van der Waals surface area contributed by atoms with Crippen LogP contribution in [0.25, 0.3) is 11.5 Å². The van der Waals surface area contributed by atoms with Gasteiger partial charge < -0.3 is 9.32 Å². The van der Waals surface area contributed by atoms with Crippen LogP contribution >= 0.6 is 0 Å². The van der Waals surface area contributed by atoms with Gasteiger partial charge in [-0.2, -0.15) is 0 Å². The molecule has 0 aliphatic carbocycles. The van der Waals surface area contributed by atoms with Crippen LogP contribution in [0.15, 0.2) is 33.9 Å². The molecule has 2 heterocycles. The molecular weight excluding hydrogens is 318 g/mol. The van der Waals surface area contributed by atoms with Gasteiger partial charge in [-0.1, -0.05) is 22.8 Å². The van der Waals surface area contributed by atoms with E-state index < -0.39 is 26.7 Å². The highest BCUT2D eigenvalue weighted by Gasteiger charge is 2.29. The van der Waals surface area contributed by atoms with Crippen molar-refractivity contribution in [2.45, 2.75) is 25.0 Å². The highest BCUT2D eigenvalue weighted by atomic mass is 32.2. The van der Waals surface area contributed by atoms with Gasteiger partial charge in [0, 0.05) is 18.7 Å². The van der Waals surface area contributed by atoms with E-state index in [-0.39, 0.29) is 5.89 Å². The van der Waals surface area contributed by atoms with Crippen molar-refractivity contribution in [1.82, 2.24) is 15.1 Å². The molecule has 1 aromatic carbocycles. The zero-order valence-electron chi connectivity index (χ0n) is 12.7. The summed E-state index contributed by atoms with van der Waals surface area (Å²) in [6.45, 7) is 3.15. The number of rotatable bonds is 4. The third-order valence-corrected chi connectivity index (χ3v) is 5.07. The lowest BCUT2D eigenvalue weighted by Crippen LogP contribution is -2.33. The Labute approximate surface area is 134 Å². The lowest BCUT2D eigenvalue weighted by molar-refractivity contribution is -0.127. The van der Waals surface area contributed by atoms with Gasteiger partial charge in [-0.15, -0.1) is 5.10 Å². The van der Waals surface area contributed by atoms with Gasteiger partial charge in [0.25, 0.3) is 0 Å². The second-order valence-corrected chi connectivity index (χ2v) is 7.45. The molecule has 0 unspecified atom stereocenters. The van der Waals surface area contributed by atoms with Gasteiger partial charge in [0.15, 0.2) is 0 Å². The molecule has 23 heavy (non-hydrogen) atoms. The van der Waals surface area contributed by atoms with E-state index in [9.17, 15) is 13.2 Å². The Bertz CT molecular complexity index is 806. The first-order valence-electron chi connectivity index (χ1n) is 7.37. The van der Waals surface area contributed by atoms with Gasteiger partial charge in [0.1, 0.15) is 5.75 Å². The highest BCUT2D eigenvalue weighted by molar-refractivity contribution is 7.91. The standard InChI is InChI=1S/C15H17N3O4S/c1-11-4-6-12(7-5-11)14-16-17-15(22-14)23(20,21)10-13(19)18-8-2-3-9-18/h4-7H,2-3,8-10H2,1H3. The maximum atomic E-state index is 12.3. The number of carbonyl (C=O) groups is 1. The minimum Gasteiger partial charge on any atom is -0.408 e. The summed E-state index contributed by atoms with van der Waals surface area (Å²) in [5.74, 6) is -0.933. The summed E-state index contributed by atoms with van der Waals surface area (Å²) >= 11 is 0. The predicted molar refractivity (Wildman–Crippen MR) is 82.3 cm³/mol. The zero-order valence-corrected chi connectivity index (χ0v) is 13.5. The van der Waals surface area contributed by atoms with E-state index in [2.05, 4.69) is 10.2 Å². The third kappa shape index (κ3) is 3.42. The molecule has 1 aliphatic heterocycles. The molecule has 1 fully saturated rings. The van der Waals surface area contributed by atoms with Gasteiger partial charge in [0.2, 0.25) is 21.6 Å². The SMILES string of the molecule is Cc1ccc(-c2nnc(S(=O)(=O)CC(=O)N3CCCC3)o2)cc1. The molecule has 2 aromatic rings.